The zero-order valence-corrected chi connectivity index (χ0v) is 11.7. The third-order valence-electron chi connectivity index (χ3n) is 3.53. The van der Waals surface area contributed by atoms with Crippen LogP contribution in [0.1, 0.15) is 23.6 Å². The van der Waals surface area contributed by atoms with Crippen molar-refractivity contribution < 1.29 is 0 Å². The lowest BCUT2D eigenvalue weighted by atomic mass is 9.72. The molecule has 2 aromatic rings. The van der Waals surface area contributed by atoms with Crippen molar-refractivity contribution in [3.05, 3.63) is 53.1 Å². The first-order valence-corrected chi connectivity index (χ1v) is 6.65. The largest absolute Gasteiger partial charge is 0.148 e. The quantitative estimate of drug-likeness (QED) is 0.707. The second kappa shape index (κ2) is 5.43. The molecular weight excluding hydrogens is 215 g/mol. The van der Waals surface area contributed by atoms with E-state index in [4.69, 9.17) is 0 Å². The summed E-state index contributed by atoms with van der Waals surface area (Å²) in [5.74, 6) is 0. The third-order valence-corrected chi connectivity index (χ3v) is 3.53. The molecule has 0 spiro atoms. The van der Waals surface area contributed by atoms with Crippen molar-refractivity contribution in [2.24, 2.45) is 0 Å². The topological polar surface area (TPSA) is 0 Å². The molecule has 0 aromatic heterocycles. The van der Waals surface area contributed by atoms with E-state index in [0.717, 1.165) is 6.42 Å². The molecule has 0 amide bonds. The van der Waals surface area contributed by atoms with E-state index in [2.05, 4.69) is 71.3 Å². The number of benzene rings is 2. The lowest BCUT2D eigenvalue weighted by molar-refractivity contribution is 1.14. The fourth-order valence-corrected chi connectivity index (χ4v) is 2.36. The monoisotopic (exact) mass is 235 g/mol. The summed E-state index contributed by atoms with van der Waals surface area (Å²) in [6.45, 7) is 8.66. The van der Waals surface area contributed by atoms with Gasteiger partial charge in [0.2, 0.25) is 0 Å². The SMILES string of the molecule is C[B]c1ccc(C)c(-c2cc(C)ccc2CC)c1. The normalized spacial score (nSPS) is 10.4. The zero-order valence-electron chi connectivity index (χ0n) is 11.7. The van der Waals surface area contributed by atoms with Crippen LogP contribution in [0.25, 0.3) is 11.1 Å². The summed E-state index contributed by atoms with van der Waals surface area (Å²) < 4.78 is 0. The highest BCUT2D eigenvalue weighted by molar-refractivity contribution is 6.52. The Labute approximate surface area is 111 Å². The Morgan fingerprint density at radius 3 is 2.39 bits per heavy atom. The molecule has 0 saturated heterocycles. The summed E-state index contributed by atoms with van der Waals surface area (Å²) in [5.41, 5.74) is 8.15. The van der Waals surface area contributed by atoms with Crippen molar-refractivity contribution in [2.45, 2.75) is 34.0 Å². The minimum Gasteiger partial charge on any atom is -0.0875 e. The van der Waals surface area contributed by atoms with E-state index in [0.29, 0.717) is 0 Å². The Morgan fingerprint density at radius 1 is 0.944 bits per heavy atom. The van der Waals surface area contributed by atoms with Crippen LogP contribution in [-0.4, -0.2) is 7.28 Å². The maximum absolute atomic E-state index is 2.31. The Morgan fingerprint density at radius 2 is 1.72 bits per heavy atom. The Bertz CT molecular complexity index is 556. The van der Waals surface area contributed by atoms with Gasteiger partial charge in [-0.2, -0.15) is 0 Å². The van der Waals surface area contributed by atoms with Gasteiger partial charge >= 0.3 is 0 Å². The van der Waals surface area contributed by atoms with Crippen LogP contribution < -0.4 is 5.46 Å². The van der Waals surface area contributed by atoms with Crippen molar-refractivity contribution in [1.82, 2.24) is 0 Å². The Balaban J connectivity index is 2.63. The van der Waals surface area contributed by atoms with E-state index in [1.165, 1.54) is 33.3 Å². The van der Waals surface area contributed by atoms with Crippen molar-refractivity contribution in [3.8, 4) is 11.1 Å². The molecule has 2 rings (SSSR count). The molecule has 0 aliphatic heterocycles. The molecule has 0 bridgehead atoms. The molecule has 2 aromatic carbocycles. The molecule has 0 unspecified atom stereocenters. The molecule has 0 heterocycles. The van der Waals surface area contributed by atoms with Gasteiger partial charge in [0.1, 0.15) is 7.28 Å². The highest BCUT2D eigenvalue weighted by Crippen LogP contribution is 2.27. The molecule has 91 valence electrons. The van der Waals surface area contributed by atoms with Crippen molar-refractivity contribution in [2.75, 3.05) is 0 Å². The van der Waals surface area contributed by atoms with E-state index in [-0.39, 0.29) is 0 Å². The van der Waals surface area contributed by atoms with E-state index in [1.807, 2.05) is 0 Å². The van der Waals surface area contributed by atoms with Crippen LogP contribution >= 0.6 is 0 Å². The standard InChI is InChI=1S/C17H20B/c1-5-14-8-6-12(2)10-17(14)16-11-15(18-4)9-7-13(16)3/h6-11H,5H2,1-4H3. The smallest absolute Gasteiger partial charge is 0.0875 e. The first-order valence-electron chi connectivity index (χ1n) is 6.65. The minimum atomic E-state index is 1.08. The molecule has 1 radical (unpaired) electrons. The summed E-state index contributed by atoms with van der Waals surface area (Å²) in [4.78, 5) is 0. The van der Waals surface area contributed by atoms with Gasteiger partial charge in [0.05, 0.1) is 0 Å². The molecular formula is C17H20B. The number of hydrogen-bond donors (Lipinski definition) is 0. The van der Waals surface area contributed by atoms with Gasteiger partial charge in [0.15, 0.2) is 0 Å². The summed E-state index contributed by atoms with van der Waals surface area (Å²) in [6, 6.07) is 13.5. The fraction of sp³-hybridized carbons (Fsp3) is 0.294. The molecule has 0 aliphatic rings. The van der Waals surface area contributed by atoms with Gasteiger partial charge in [-0.05, 0) is 42.5 Å². The van der Waals surface area contributed by atoms with Gasteiger partial charge in [-0.15, -0.1) is 0 Å². The summed E-state index contributed by atoms with van der Waals surface area (Å²) in [6.07, 6.45) is 1.08. The van der Waals surface area contributed by atoms with Crippen LogP contribution in [0, 0.1) is 13.8 Å². The molecule has 0 aliphatic carbocycles. The van der Waals surface area contributed by atoms with Gasteiger partial charge in [0.25, 0.3) is 0 Å². The van der Waals surface area contributed by atoms with Crippen molar-refractivity contribution in [3.63, 3.8) is 0 Å². The fourth-order valence-electron chi connectivity index (χ4n) is 2.36. The maximum Gasteiger partial charge on any atom is 0.148 e. The molecule has 0 fully saturated rings. The highest BCUT2D eigenvalue weighted by atomic mass is 14.1. The average Bonchev–Trinajstić information content (AvgIpc) is 2.39. The first-order chi connectivity index (χ1) is 8.65. The maximum atomic E-state index is 2.31. The molecule has 0 saturated carbocycles. The van der Waals surface area contributed by atoms with Crippen molar-refractivity contribution >= 4 is 12.7 Å². The molecule has 1 heteroatoms. The van der Waals surface area contributed by atoms with Crippen LogP contribution in [0.5, 0.6) is 0 Å². The highest BCUT2D eigenvalue weighted by Gasteiger charge is 2.07. The lowest BCUT2D eigenvalue weighted by Crippen LogP contribution is -2.10. The lowest BCUT2D eigenvalue weighted by Gasteiger charge is -2.13. The van der Waals surface area contributed by atoms with Crippen molar-refractivity contribution in [1.29, 1.82) is 0 Å². The van der Waals surface area contributed by atoms with Crippen LogP contribution in [0.2, 0.25) is 6.82 Å². The Hall–Kier alpha value is -1.50. The molecule has 18 heavy (non-hydrogen) atoms. The minimum absolute atomic E-state index is 1.08. The van der Waals surface area contributed by atoms with Crippen LogP contribution in [-0.2, 0) is 6.42 Å². The summed E-state index contributed by atoms with van der Waals surface area (Å²) >= 11 is 0. The number of aryl methyl sites for hydroxylation is 3. The van der Waals surface area contributed by atoms with Gasteiger partial charge in [-0.25, -0.2) is 0 Å². The molecule has 0 N–H and O–H groups in total. The predicted molar refractivity (Wildman–Crippen MR) is 82.0 cm³/mol. The average molecular weight is 235 g/mol. The molecule has 0 atom stereocenters. The van der Waals surface area contributed by atoms with Crippen LogP contribution in [0.3, 0.4) is 0 Å². The predicted octanol–water partition coefficient (Wildman–Crippen LogP) is 3.91. The van der Waals surface area contributed by atoms with E-state index < -0.39 is 0 Å². The molecule has 0 nitrogen and oxygen atoms in total. The van der Waals surface area contributed by atoms with Gasteiger partial charge in [0, 0.05) is 0 Å². The van der Waals surface area contributed by atoms with Gasteiger partial charge in [-0.3, -0.25) is 0 Å². The van der Waals surface area contributed by atoms with E-state index in [9.17, 15) is 0 Å². The van der Waals surface area contributed by atoms with Gasteiger partial charge < -0.3 is 0 Å². The van der Waals surface area contributed by atoms with E-state index in [1.54, 1.807) is 0 Å². The first kappa shape index (κ1) is 12.9. The summed E-state index contributed by atoms with van der Waals surface area (Å²) in [7, 11) is 2.16. The zero-order chi connectivity index (χ0) is 13.1. The number of hydrogen-bond acceptors (Lipinski definition) is 0. The third kappa shape index (κ3) is 2.50. The number of rotatable bonds is 3. The summed E-state index contributed by atoms with van der Waals surface area (Å²) in [5, 5.41) is 0. The van der Waals surface area contributed by atoms with E-state index >= 15 is 0 Å². The van der Waals surface area contributed by atoms with Gasteiger partial charge in [-0.1, -0.05) is 61.2 Å². The Kier molecular flexibility index (Phi) is 3.91. The second-order valence-electron chi connectivity index (χ2n) is 4.88. The van der Waals surface area contributed by atoms with Crippen LogP contribution in [0.4, 0.5) is 0 Å². The van der Waals surface area contributed by atoms with Crippen LogP contribution in [0.15, 0.2) is 36.4 Å². The second-order valence-corrected chi connectivity index (χ2v) is 4.88.